The first kappa shape index (κ1) is 23.3. The lowest BCUT2D eigenvalue weighted by Gasteiger charge is -2.25. The number of carbonyl (C=O) groups is 2. The van der Waals surface area contributed by atoms with E-state index in [1.807, 2.05) is 29.2 Å². The molecule has 1 aliphatic carbocycles. The molecule has 0 aromatic heterocycles. The van der Waals surface area contributed by atoms with E-state index in [9.17, 15) is 9.59 Å². The summed E-state index contributed by atoms with van der Waals surface area (Å²) >= 11 is 0. The van der Waals surface area contributed by atoms with Crippen LogP contribution in [-0.4, -0.2) is 46.9 Å². The average Bonchev–Trinajstić information content (AvgIpc) is 3.31. The number of hydrogen-bond donors (Lipinski definition) is 0. The summed E-state index contributed by atoms with van der Waals surface area (Å²) in [6.45, 7) is 8.29. The zero-order chi connectivity index (χ0) is 22.5. The quantitative estimate of drug-likeness (QED) is 0.507. The van der Waals surface area contributed by atoms with Gasteiger partial charge in [-0.3, -0.25) is 14.7 Å². The van der Waals surface area contributed by atoms with Crippen LogP contribution in [0.25, 0.3) is 0 Å². The molecule has 1 aromatic carbocycles. The second-order valence-corrected chi connectivity index (χ2v) is 9.06. The lowest BCUT2D eigenvalue weighted by Crippen LogP contribution is -2.42. The van der Waals surface area contributed by atoms with Crippen molar-refractivity contribution in [1.82, 2.24) is 4.90 Å². The van der Waals surface area contributed by atoms with Crippen molar-refractivity contribution in [1.29, 1.82) is 0 Å². The van der Waals surface area contributed by atoms with Gasteiger partial charge in [-0.05, 0) is 64.2 Å². The maximum absolute atomic E-state index is 13.3. The van der Waals surface area contributed by atoms with Gasteiger partial charge in [-0.25, -0.2) is 4.79 Å². The zero-order valence-electron chi connectivity index (χ0n) is 19.4. The topological polar surface area (TPSA) is 68.2 Å². The minimum Gasteiger partial charge on any atom is -0.476 e. The molecule has 2 aliphatic rings. The second-order valence-electron chi connectivity index (χ2n) is 9.06. The molecule has 0 atom stereocenters. The minimum absolute atomic E-state index is 0.187. The molecule has 1 aliphatic heterocycles. The van der Waals surface area contributed by atoms with Gasteiger partial charge in [-0.15, -0.1) is 0 Å². The van der Waals surface area contributed by atoms with E-state index in [0.29, 0.717) is 25.3 Å². The summed E-state index contributed by atoms with van der Waals surface area (Å²) in [5, 5.41) is 0. The smallest absolute Gasteiger partial charge is 0.349 e. The van der Waals surface area contributed by atoms with E-state index in [1.165, 1.54) is 0 Å². The molecule has 6 heteroatoms. The van der Waals surface area contributed by atoms with Crippen LogP contribution in [0.2, 0.25) is 0 Å². The van der Waals surface area contributed by atoms with Crippen molar-refractivity contribution in [2.75, 3.05) is 13.2 Å². The van der Waals surface area contributed by atoms with Crippen LogP contribution >= 0.6 is 0 Å². The molecule has 1 saturated carbocycles. The van der Waals surface area contributed by atoms with Gasteiger partial charge >= 0.3 is 5.97 Å². The summed E-state index contributed by atoms with van der Waals surface area (Å²) in [4.78, 5) is 32.3. The summed E-state index contributed by atoms with van der Waals surface area (Å²) in [7, 11) is 0. The van der Waals surface area contributed by atoms with E-state index >= 15 is 0 Å². The summed E-state index contributed by atoms with van der Waals surface area (Å²) in [6.07, 6.45) is 7.63. The first-order valence-corrected chi connectivity index (χ1v) is 11.7. The van der Waals surface area contributed by atoms with Crippen molar-refractivity contribution >= 4 is 17.7 Å². The third-order valence-electron chi connectivity index (χ3n) is 6.15. The molecule has 3 rings (SSSR count). The van der Waals surface area contributed by atoms with Gasteiger partial charge in [-0.1, -0.05) is 38.3 Å². The number of amidine groups is 1. The Morgan fingerprint density at radius 1 is 1.19 bits per heavy atom. The van der Waals surface area contributed by atoms with Gasteiger partial charge in [0.15, 0.2) is 5.60 Å². The average molecular weight is 429 g/mol. The zero-order valence-corrected chi connectivity index (χ0v) is 19.4. The van der Waals surface area contributed by atoms with Gasteiger partial charge in [0.05, 0.1) is 6.61 Å². The van der Waals surface area contributed by atoms with Gasteiger partial charge in [0.25, 0.3) is 5.91 Å². The van der Waals surface area contributed by atoms with Crippen molar-refractivity contribution in [3.05, 3.63) is 29.8 Å². The number of benzene rings is 1. The molecular weight excluding hydrogens is 392 g/mol. The number of amides is 1. The maximum atomic E-state index is 13.3. The standard InChI is InChI=1S/C25H36N2O4/c1-5-7-13-21-26-25(15-8-9-16-25)22(28)27(21)17-14-19-11-10-12-20(18-19)31-24(3,4)23(29)30-6-2/h10-12,18H,5-9,13-17H2,1-4H3. The van der Waals surface area contributed by atoms with E-state index in [2.05, 4.69) is 6.92 Å². The second kappa shape index (κ2) is 9.84. The number of rotatable bonds is 10. The Morgan fingerprint density at radius 3 is 2.61 bits per heavy atom. The molecule has 170 valence electrons. The van der Waals surface area contributed by atoms with E-state index in [4.69, 9.17) is 14.5 Å². The Kier molecular flexibility index (Phi) is 7.39. The Balaban J connectivity index is 1.67. The molecule has 0 saturated heterocycles. The molecule has 31 heavy (non-hydrogen) atoms. The molecule has 0 unspecified atom stereocenters. The van der Waals surface area contributed by atoms with Crippen molar-refractivity contribution in [2.45, 2.75) is 90.2 Å². The summed E-state index contributed by atoms with van der Waals surface area (Å²) in [5.74, 6) is 1.38. The maximum Gasteiger partial charge on any atom is 0.349 e. The van der Waals surface area contributed by atoms with Crippen LogP contribution in [0, 0.1) is 0 Å². The number of nitrogens with zero attached hydrogens (tertiary/aromatic N) is 2. The monoisotopic (exact) mass is 428 g/mol. The lowest BCUT2D eigenvalue weighted by atomic mass is 9.98. The first-order chi connectivity index (χ1) is 14.8. The predicted octanol–water partition coefficient (Wildman–Crippen LogP) is 4.69. The highest BCUT2D eigenvalue weighted by Gasteiger charge is 2.49. The largest absolute Gasteiger partial charge is 0.476 e. The van der Waals surface area contributed by atoms with Crippen molar-refractivity contribution in [3.63, 3.8) is 0 Å². The fourth-order valence-corrected chi connectivity index (χ4v) is 4.41. The Labute approximate surface area is 186 Å². The van der Waals surface area contributed by atoms with Crippen LogP contribution < -0.4 is 4.74 Å². The van der Waals surface area contributed by atoms with E-state index in [0.717, 1.165) is 56.3 Å². The molecule has 0 N–H and O–H groups in total. The first-order valence-electron chi connectivity index (χ1n) is 11.7. The van der Waals surface area contributed by atoms with E-state index < -0.39 is 11.1 Å². The van der Waals surface area contributed by atoms with Gasteiger partial charge in [0, 0.05) is 13.0 Å². The van der Waals surface area contributed by atoms with Crippen LogP contribution in [0.4, 0.5) is 0 Å². The van der Waals surface area contributed by atoms with Crippen LogP contribution in [0.15, 0.2) is 29.3 Å². The van der Waals surface area contributed by atoms with Gasteiger partial charge in [0.2, 0.25) is 0 Å². The van der Waals surface area contributed by atoms with Crippen molar-refractivity contribution in [2.24, 2.45) is 4.99 Å². The minimum atomic E-state index is -1.06. The Hall–Kier alpha value is -2.37. The van der Waals surface area contributed by atoms with Crippen molar-refractivity contribution < 1.29 is 19.1 Å². The van der Waals surface area contributed by atoms with Gasteiger partial charge < -0.3 is 9.47 Å². The number of aliphatic imine (C=N–C) groups is 1. The lowest BCUT2D eigenvalue weighted by molar-refractivity contribution is -0.158. The number of hydrogen-bond acceptors (Lipinski definition) is 5. The summed E-state index contributed by atoms with van der Waals surface area (Å²) in [6, 6.07) is 7.73. The molecule has 0 radical (unpaired) electrons. The molecule has 1 fully saturated rings. The number of unbranched alkanes of at least 4 members (excludes halogenated alkanes) is 1. The molecule has 1 aromatic rings. The highest BCUT2D eigenvalue weighted by atomic mass is 16.6. The summed E-state index contributed by atoms with van der Waals surface area (Å²) < 4.78 is 11.0. The normalized spacial score (nSPS) is 17.9. The SMILES string of the molecule is CCCCC1=NC2(CCCC2)C(=O)N1CCc1cccc(OC(C)(C)C(=O)OCC)c1. The molecule has 6 nitrogen and oxygen atoms in total. The van der Waals surface area contributed by atoms with Crippen LogP contribution in [0.3, 0.4) is 0 Å². The molecule has 1 spiro atoms. The van der Waals surface area contributed by atoms with Crippen LogP contribution in [0.1, 0.15) is 78.2 Å². The predicted molar refractivity (Wildman–Crippen MR) is 121 cm³/mol. The molecule has 1 amide bonds. The van der Waals surface area contributed by atoms with E-state index in [-0.39, 0.29) is 11.9 Å². The third kappa shape index (κ3) is 5.28. The molecular formula is C25H36N2O4. The summed E-state index contributed by atoms with van der Waals surface area (Å²) in [5.41, 5.74) is -0.487. The fraction of sp³-hybridized carbons (Fsp3) is 0.640. The Bertz CT molecular complexity index is 825. The molecule has 1 heterocycles. The highest BCUT2D eigenvalue weighted by Crippen LogP contribution is 2.39. The van der Waals surface area contributed by atoms with Crippen molar-refractivity contribution in [3.8, 4) is 5.75 Å². The van der Waals surface area contributed by atoms with Crippen LogP contribution in [-0.2, 0) is 20.7 Å². The third-order valence-corrected chi connectivity index (χ3v) is 6.15. The van der Waals surface area contributed by atoms with Crippen LogP contribution in [0.5, 0.6) is 5.75 Å². The van der Waals surface area contributed by atoms with Gasteiger partial charge in [0.1, 0.15) is 17.1 Å². The molecule has 0 bridgehead atoms. The van der Waals surface area contributed by atoms with E-state index in [1.54, 1.807) is 20.8 Å². The fourth-order valence-electron chi connectivity index (χ4n) is 4.41. The van der Waals surface area contributed by atoms with Gasteiger partial charge in [-0.2, -0.15) is 0 Å². The number of carbonyl (C=O) groups excluding carboxylic acids is 2. The Morgan fingerprint density at radius 2 is 1.94 bits per heavy atom. The number of ether oxygens (including phenoxy) is 2. The highest BCUT2D eigenvalue weighted by molar-refractivity contribution is 6.08. The number of esters is 1.